The summed E-state index contributed by atoms with van der Waals surface area (Å²) in [6, 6.07) is 21.8. The maximum atomic E-state index is 12.7. The van der Waals surface area contributed by atoms with Gasteiger partial charge in [0.1, 0.15) is 0 Å². The van der Waals surface area contributed by atoms with E-state index < -0.39 is 5.91 Å². The number of carbonyl (C=O) groups excluding carboxylic acids is 3. The number of amides is 3. The molecule has 0 aliphatic carbocycles. The molecule has 27 heavy (non-hydrogen) atoms. The summed E-state index contributed by atoms with van der Waals surface area (Å²) in [5.41, 5.74) is 3.47. The third kappa shape index (κ3) is 2.89. The summed E-state index contributed by atoms with van der Waals surface area (Å²) in [6.45, 7) is 0. The van der Waals surface area contributed by atoms with E-state index in [0.717, 1.165) is 16.0 Å². The number of imide groups is 1. The summed E-state index contributed by atoms with van der Waals surface area (Å²) in [5.74, 6) is -1.08. The van der Waals surface area contributed by atoms with Crippen molar-refractivity contribution in [2.24, 2.45) is 0 Å². The Morgan fingerprint density at radius 1 is 0.778 bits per heavy atom. The number of anilines is 1. The zero-order chi connectivity index (χ0) is 19.0. The van der Waals surface area contributed by atoms with Crippen LogP contribution in [0.1, 0.15) is 31.1 Å². The number of nitrogens with zero attached hydrogens (tertiary/aromatic N) is 1. The normalized spacial score (nSPS) is 12.9. The SMILES string of the molecule is CN1C(=O)c2ccc(C(=O)Nc3ccccc3-c3ccccc3)cc2C1=O. The Morgan fingerprint density at radius 2 is 1.44 bits per heavy atom. The van der Waals surface area contributed by atoms with Gasteiger partial charge in [0, 0.05) is 23.9 Å². The highest BCUT2D eigenvalue weighted by Crippen LogP contribution is 2.28. The molecule has 3 aromatic rings. The van der Waals surface area contributed by atoms with E-state index in [1.54, 1.807) is 6.07 Å². The van der Waals surface area contributed by atoms with Crippen molar-refractivity contribution in [3.63, 3.8) is 0 Å². The summed E-state index contributed by atoms with van der Waals surface area (Å²) >= 11 is 0. The number of nitrogens with one attached hydrogen (secondary N) is 1. The van der Waals surface area contributed by atoms with Crippen molar-refractivity contribution in [2.75, 3.05) is 12.4 Å². The fourth-order valence-electron chi connectivity index (χ4n) is 3.16. The molecule has 3 amide bonds. The van der Waals surface area contributed by atoms with E-state index in [-0.39, 0.29) is 17.4 Å². The van der Waals surface area contributed by atoms with E-state index in [1.807, 2.05) is 54.6 Å². The summed E-state index contributed by atoms with van der Waals surface area (Å²) in [6.07, 6.45) is 0. The van der Waals surface area contributed by atoms with Crippen LogP contribution < -0.4 is 5.32 Å². The smallest absolute Gasteiger partial charge is 0.261 e. The lowest BCUT2D eigenvalue weighted by atomic mass is 10.0. The molecule has 0 saturated carbocycles. The number of benzene rings is 3. The molecule has 0 saturated heterocycles. The number of hydrogen-bond acceptors (Lipinski definition) is 3. The third-order valence-electron chi connectivity index (χ3n) is 4.61. The fourth-order valence-corrected chi connectivity index (χ4v) is 3.16. The molecule has 0 unspecified atom stereocenters. The van der Waals surface area contributed by atoms with Gasteiger partial charge < -0.3 is 5.32 Å². The molecule has 5 nitrogen and oxygen atoms in total. The summed E-state index contributed by atoms with van der Waals surface area (Å²) in [7, 11) is 1.43. The van der Waals surface area contributed by atoms with Crippen LogP contribution in [-0.4, -0.2) is 29.7 Å². The fraction of sp³-hybridized carbons (Fsp3) is 0.0455. The first-order valence-electron chi connectivity index (χ1n) is 8.48. The highest BCUT2D eigenvalue weighted by atomic mass is 16.2. The molecule has 1 aliphatic rings. The van der Waals surface area contributed by atoms with Gasteiger partial charge in [-0.3, -0.25) is 19.3 Å². The molecule has 0 radical (unpaired) electrons. The average molecular weight is 356 g/mol. The topological polar surface area (TPSA) is 66.5 Å². The second-order valence-electron chi connectivity index (χ2n) is 6.30. The molecule has 0 bridgehead atoms. The van der Waals surface area contributed by atoms with Gasteiger partial charge in [-0.05, 0) is 29.8 Å². The summed E-state index contributed by atoms with van der Waals surface area (Å²) < 4.78 is 0. The van der Waals surface area contributed by atoms with Crippen molar-refractivity contribution in [2.45, 2.75) is 0 Å². The molecule has 4 rings (SSSR count). The van der Waals surface area contributed by atoms with Crippen molar-refractivity contribution in [1.29, 1.82) is 0 Å². The molecule has 0 fully saturated rings. The van der Waals surface area contributed by atoms with Crippen LogP contribution in [0.4, 0.5) is 5.69 Å². The highest BCUT2D eigenvalue weighted by Gasteiger charge is 2.33. The molecule has 5 heteroatoms. The van der Waals surface area contributed by atoms with Gasteiger partial charge in [-0.15, -0.1) is 0 Å². The van der Waals surface area contributed by atoms with Crippen LogP contribution >= 0.6 is 0 Å². The lowest BCUT2D eigenvalue weighted by Crippen LogP contribution is -2.24. The molecule has 0 spiro atoms. The number of fused-ring (bicyclic) bond motifs is 1. The maximum Gasteiger partial charge on any atom is 0.261 e. The first-order valence-corrected chi connectivity index (χ1v) is 8.48. The van der Waals surface area contributed by atoms with Gasteiger partial charge in [0.2, 0.25) is 0 Å². The molecule has 1 N–H and O–H groups in total. The minimum atomic E-state index is -0.394. The lowest BCUT2D eigenvalue weighted by molar-refractivity contribution is 0.0693. The second-order valence-corrected chi connectivity index (χ2v) is 6.30. The van der Waals surface area contributed by atoms with E-state index in [2.05, 4.69) is 5.32 Å². The van der Waals surface area contributed by atoms with Crippen molar-refractivity contribution in [1.82, 2.24) is 4.90 Å². The van der Waals surface area contributed by atoms with E-state index in [4.69, 9.17) is 0 Å². The van der Waals surface area contributed by atoms with Crippen LogP contribution in [0.2, 0.25) is 0 Å². The zero-order valence-corrected chi connectivity index (χ0v) is 14.6. The Labute approximate surface area is 156 Å². The van der Waals surface area contributed by atoms with Crippen LogP contribution in [0.25, 0.3) is 11.1 Å². The first-order chi connectivity index (χ1) is 13.1. The molecule has 1 aliphatic heterocycles. The Kier molecular flexibility index (Phi) is 4.05. The van der Waals surface area contributed by atoms with Gasteiger partial charge in [-0.25, -0.2) is 0 Å². The Balaban J connectivity index is 1.65. The van der Waals surface area contributed by atoms with E-state index >= 15 is 0 Å². The highest BCUT2D eigenvalue weighted by molar-refractivity contribution is 6.22. The average Bonchev–Trinajstić information content (AvgIpc) is 2.93. The molecule has 3 aromatic carbocycles. The molecular formula is C22H16N2O3. The van der Waals surface area contributed by atoms with E-state index in [9.17, 15) is 14.4 Å². The minimum Gasteiger partial charge on any atom is -0.321 e. The van der Waals surface area contributed by atoms with Crippen LogP contribution in [0.15, 0.2) is 72.8 Å². The Hall–Kier alpha value is -3.73. The minimum absolute atomic E-state index is 0.256. The Morgan fingerprint density at radius 3 is 2.22 bits per heavy atom. The largest absolute Gasteiger partial charge is 0.321 e. The van der Waals surface area contributed by atoms with Crippen molar-refractivity contribution < 1.29 is 14.4 Å². The van der Waals surface area contributed by atoms with Crippen molar-refractivity contribution in [3.05, 3.63) is 89.5 Å². The lowest BCUT2D eigenvalue weighted by Gasteiger charge is -2.11. The maximum absolute atomic E-state index is 12.7. The van der Waals surface area contributed by atoms with E-state index in [1.165, 1.54) is 19.2 Å². The van der Waals surface area contributed by atoms with Crippen molar-refractivity contribution in [3.8, 4) is 11.1 Å². The molecular weight excluding hydrogens is 340 g/mol. The quantitative estimate of drug-likeness (QED) is 0.725. The summed E-state index contributed by atoms with van der Waals surface area (Å²) in [4.78, 5) is 37.9. The molecule has 0 aromatic heterocycles. The monoisotopic (exact) mass is 356 g/mol. The number of carbonyl (C=O) groups is 3. The number of para-hydroxylation sites is 1. The van der Waals surface area contributed by atoms with E-state index in [0.29, 0.717) is 16.8 Å². The molecule has 132 valence electrons. The van der Waals surface area contributed by atoms with Gasteiger partial charge in [0.25, 0.3) is 17.7 Å². The van der Waals surface area contributed by atoms with Gasteiger partial charge in [0.05, 0.1) is 11.1 Å². The number of hydrogen-bond donors (Lipinski definition) is 1. The predicted octanol–water partition coefficient (Wildman–Crippen LogP) is 3.83. The van der Waals surface area contributed by atoms with Crippen LogP contribution in [-0.2, 0) is 0 Å². The number of rotatable bonds is 3. The second kappa shape index (κ2) is 6.53. The van der Waals surface area contributed by atoms with Crippen LogP contribution in [0.3, 0.4) is 0 Å². The van der Waals surface area contributed by atoms with Crippen LogP contribution in [0.5, 0.6) is 0 Å². The standard InChI is InChI=1S/C22H16N2O3/c1-24-21(26)17-12-11-15(13-18(17)22(24)27)20(25)23-19-10-6-5-9-16(19)14-7-3-2-4-8-14/h2-13H,1H3,(H,23,25). The molecule has 1 heterocycles. The third-order valence-corrected chi connectivity index (χ3v) is 4.61. The predicted molar refractivity (Wildman–Crippen MR) is 103 cm³/mol. The Bertz CT molecular complexity index is 1070. The van der Waals surface area contributed by atoms with Gasteiger partial charge in [-0.2, -0.15) is 0 Å². The molecule has 0 atom stereocenters. The zero-order valence-electron chi connectivity index (χ0n) is 14.6. The van der Waals surface area contributed by atoms with Gasteiger partial charge in [0.15, 0.2) is 0 Å². The van der Waals surface area contributed by atoms with Gasteiger partial charge in [-0.1, -0.05) is 48.5 Å². The van der Waals surface area contributed by atoms with Crippen LogP contribution in [0, 0.1) is 0 Å². The summed E-state index contributed by atoms with van der Waals surface area (Å²) in [5, 5.41) is 2.90. The first kappa shape index (κ1) is 16.7. The van der Waals surface area contributed by atoms with Crippen molar-refractivity contribution >= 4 is 23.4 Å². The van der Waals surface area contributed by atoms with Gasteiger partial charge >= 0.3 is 0 Å².